The minimum atomic E-state index is -2.27. The lowest BCUT2D eigenvalue weighted by Crippen LogP contribution is -2.52. The van der Waals surface area contributed by atoms with Gasteiger partial charge in [0.05, 0.1) is 12.3 Å². The van der Waals surface area contributed by atoms with Crippen LogP contribution in [-0.4, -0.2) is 55.6 Å². The van der Waals surface area contributed by atoms with Crippen LogP contribution in [0.15, 0.2) is 12.2 Å². The van der Waals surface area contributed by atoms with E-state index in [-0.39, 0.29) is 5.54 Å². The molecule has 0 aliphatic carbocycles. The van der Waals surface area contributed by atoms with Gasteiger partial charge < -0.3 is 22.8 Å². The van der Waals surface area contributed by atoms with Gasteiger partial charge in [-0.1, -0.05) is 20.4 Å². The van der Waals surface area contributed by atoms with Crippen molar-refractivity contribution in [2.24, 2.45) is 0 Å². The van der Waals surface area contributed by atoms with Crippen LogP contribution in [0.2, 0.25) is 38.3 Å². The zero-order valence-electron chi connectivity index (χ0n) is 17.8. The Bertz CT molecular complexity index is 462. The highest BCUT2D eigenvalue weighted by molar-refractivity contribution is 6.82. The van der Waals surface area contributed by atoms with E-state index in [1.807, 2.05) is 26.9 Å². The first-order chi connectivity index (χ1) is 11.7. The zero-order chi connectivity index (χ0) is 20.7. The van der Waals surface area contributed by atoms with E-state index in [0.29, 0.717) is 18.6 Å². The van der Waals surface area contributed by atoms with Crippen LogP contribution in [0.5, 0.6) is 0 Å². The second-order valence-corrected chi connectivity index (χ2v) is 19.7. The molecule has 0 spiro atoms. The minimum absolute atomic E-state index is 0.0230. The number of rotatable bonds is 12. The van der Waals surface area contributed by atoms with Gasteiger partial charge in [-0.2, -0.15) is 0 Å². The minimum Gasteiger partial charge on any atom is -0.435 e. The van der Waals surface area contributed by atoms with Crippen LogP contribution in [0.4, 0.5) is 0 Å². The molecule has 0 saturated carbocycles. The summed E-state index contributed by atoms with van der Waals surface area (Å²) in [6.45, 7) is 21.6. The summed E-state index contributed by atoms with van der Waals surface area (Å²) in [5.74, 6) is -0.452. The first kappa shape index (κ1) is 25.7. The topological polar surface area (TPSA) is 74.2 Å². The highest BCUT2D eigenvalue weighted by atomic mass is 28.4. The van der Waals surface area contributed by atoms with Gasteiger partial charge in [-0.25, -0.2) is 4.79 Å². The van der Waals surface area contributed by atoms with Gasteiger partial charge in [0.25, 0.3) is 0 Å². The third kappa shape index (κ3) is 10.1. The van der Waals surface area contributed by atoms with E-state index in [1.165, 1.54) is 0 Å². The van der Waals surface area contributed by atoms with Gasteiger partial charge in [-0.3, -0.25) is 0 Å². The SMILES string of the molecule is C=C(C)C(=O)OC(CC)OCC(C)[Si](O[Si](C)(C)C)O[Si](C)(C)C(C)O. The summed E-state index contributed by atoms with van der Waals surface area (Å²) in [5.41, 5.74) is -0.115. The molecule has 0 amide bonds. The molecule has 0 bridgehead atoms. The van der Waals surface area contributed by atoms with Crippen molar-refractivity contribution in [2.45, 2.75) is 84.4 Å². The number of hydrogen-bond acceptors (Lipinski definition) is 6. The van der Waals surface area contributed by atoms with Crippen molar-refractivity contribution in [3.05, 3.63) is 12.2 Å². The Kier molecular flexibility index (Phi) is 10.8. The fraction of sp³-hybridized carbons (Fsp3) is 0.824. The van der Waals surface area contributed by atoms with E-state index in [2.05, 4.69) is 26.2 Å². The molecule has 0 aliphatic rings. The van der Waals surface area contributed by atoms with Crippen LogP contribution in [0, 0.1) is 0 Å². The lowest BCUT2D eigenvalue weighted by molar-refractivity contribution is -0.174. The summed E-state index contributed by atoms with van der Waals surface area (Å²) in [4.78, 5) is 11.7. The van der Waals surface area contributed by atoms with E-state index in [0.717, 1.165) is 0 Å². The van der Waals surface area contributed by atoms with Gasteiger partial charge in [0.1, 0.15) is 0 Å². The molecule has 9 heteroatoms. The third-order valence-corrected chi connectivity index (χ3v) is 12.8. The molecule has 0 aromatic heterocycles. The van der Waals surface area contributed by atoms with Gasteiger partial charge in [-0.05, 0) is 46.6 Å². The smallest absolute Gasteiger partial charge is 0.368 e. The molecule has 3 unspecified atom stereocenters. The van der Waals surface area contributed by atoms with E-state index >= 15 is 0 Å². The summed E-state index contributed by atoms with van der Waals surface area (Å²) >= 11 is 0. The Hall–Kier alpha value is -0.299. The average Bonchev–Trinajstić information content (AvgIpc) is 2.48. The molecule has 0 saturated heterocycles. The van der Waals surface area contributed by atoms with Crippen molar-refractivity contribution >= 4 is 31.9 Å². The van der Waals surface area contributed by atoms with Crippen LogP contribution in [0.1, 0.15) is 34.1 Å². The fourth-order valence-corrected chi connectivity index (χ4v) is 9.20. The summed E-state index contributed by atoms with van der Waals surface area (Å²) in [6, 6.07) is 0. The molecule has 0 fully saturated rings. The predicted octanol–water partition coefficient (Wildman–Crippen LogP) is 3.73. The number of hydrogen-bond donors (Lipinski definition) is 1. The van der Waals surface area contributed by atoms with Crippen molar-refractivity contribution in [1.29, 1.82) is 0 Å². The maximum absolute atomic E-state index is 11.7. The van der Waals surface area contributed by atoms with Crippen LogP contribution in [-0.2, 0) is 22.5 Å². The number of esters is 1. The molecule has 6 nitrogen and oxygen atoms in total. The zero-order valence-corrected chi connectivity index (χ0v) is 20.8. The average molecular weight is 422 g/mol. The van der Waals surface area contributed by atoms with Gasteiger partial charge in [0.15, 0.2) is 8.32 Å². The van der Waals surface area contributed by atoms with Crippen molar-refractivity contribution in [1.82, 2.24) is 0 Å². The van der Waals surface area contributed by atoms with E-state index in [9.17, 15) is 9.90 Å². The molecule has 0 rings (SSSR count). The lowest BCUT2D eigenvalue weighted by Gasteiger charge is -2.35. The summed E-state index contributed by atoms with van der Waals surface area (Å²) in [7, 11) is -5.73. The Balaban J connectivity index is 4.97. The van der Waals surface area contributed by atoms with E-state index < -0.39 is 43.9 Å². The van der Waals surface area contributed by atoms with Gasteiger partial charge in [0.2, 0.25) is 14.6 Å². The molecular weight excluding hydrogens is 384 g/mol. The molecule has 26 heavy (non-hydrogen) atoms. The quantitative estimate of drug-likeness (QED) is 0.224. The van der Waals surface area contributed by atoms with Crippen molar-refractivity contribution in [3.63, 3.8) is 0 Å². The molecule has 1 N–H and O–H groups in total. The molecule has 3 atom stereocenters. The molecule has 0 aromatic carbocycles. The summed E-state index contributed by atoms with van der Waals surface area (Å²) < 4.78 is 23.7. The number of carbonyl (C=O) groups excluding carboxylic acids is 1. The maximum Gasteiger partial charge on any atom is 0.368 e. The van der Waals surface area contributed by atoms with Gasteiger partial charge in [0, 0.05) is 17.5 Å². The molecular formula is C17H37O6Si3. The number of aliphatic hydroxyl groups is 1. The van der Waals surface area contributed by atoms with Crippen molar-refractivity contribution in [3.8, 4) is 0 Å². The first-order valence-corrected chi connectivity index (χ1v) is 16.9. The molecule has 0 heterocycles. The number of carbonyl (C=O) groups is 1. The van der Waals surface area contributed by atoms with Gasteiger partial charge >= 0.3 is 15.3 Å². The molecule has 0 aromatic rings. The number of ether oxygens (including phenoxy) is 2. The maximum atomic E-state index is 11.7. The normalized spacial score (nSPS) is 16.3. The first-order valence-electron chi connectivity index (χ1n) is 9.10. The monoisotopic (exact) mass is 421 g/mol. The van der Waals surface area contributed by atoms with Crippen molar-refractivity contribution in [2.75, 3.05) is 6.61 Å². The predicted molar refractivity (Wildman–Crippen MR) is 111 cm³/mol. The Morgan fingerprint density at radius 1 is 1.15 bits per heavy atom. The standard InChI is InChI=1S/C17H37O6Si3/c1-11-16(21-17(19)13(2)3)20-12-14(4)24(22-25(6,7)8)23-26(9,10)15(5)18/h14-16,18H,2,11-12H2,1,3-10H3. The Labute approximate surface area is 163 Å². The van der Waals surface area contributed by atoms with Crippen LogP contribution < -0.4 is 0 Å². The summed E-state index contributed by atoms with van der Waals surface area (Å²) in [6.07, 6.45) is -0.0592. The highest BCUT2D eigenvalue weighted by Gasteiger charge is 2.39. The highest BCUT2D eigenvalue weighted by Crippen LogP contribution is 2.23. The Morgan fingerprint density at radius 3 is 2.08 bits per heavy atom. The van der Waals surface area contributed by atoms with Crippen LogP contribution in [0.3, 0.4) is 0 Å². The van der Waals surface area contributed by atoms with Crippen molar-refractivity contribution < 1.29 is 27.6 Å². The van der Waals surface area contributed by atoms with Crippen LogP contribution >= 0.6 is 0 Å². The molecule has 153 valence electrons. The third-order valence-electron chi connectivity index (χ3n) is 3.63. The van der Waals surface area contributed by atoms with Gasteiger partial charge in [-0.15, -0.1) is 0 Å². The summed E-state index contributed by atoms with van der Waals surface area (Å²) in [5, 5.41) is 10.0. The fourth-order valence-electron chi connectivity index (χ4n) is 1.64. The lowest BCUT2D eigenvalue weighted by atomic mass is 10.3. The second-order valence-electron chi connectivity index (χ2n) is 8.17. The van der Waals surface area contributed by atoms with E-state index in [4.69, 9.17) is 17.7 Å². The largest absolute Gasteiger partial charge is 0.435 e. The van der Waals surface area contributed by atoms with E-state index in [1.54, 1.807) is 13.8 Å². The Morgan fingerprint density at radius 2 is 1.69 bits per heavy atom. The molecule has 1 radical (unpaired) electrons. The van der Waals surface area contributed by atoms with Crippen LogP contribution in [0.25, 0.3) is 0 Å². The number of aliphatic hydroxyl groups excluding tert-OH is 1. The molecule has 0 aliphatic heterocycles. The second kappa shape index (κ2) is 10.9.